The fraction of sp³-hybridized carbons (Fsp3) is 0.188. The Morgan fingerprint density at radius 1 is 1.26 bits per heavy atom. The second kappa shape index (κ2) is 5.75. The normalized spacial score (nSPS) is 11.1. The van der Waals surface area contributed by atoms with Gasteiger partial charge in [0.2, 0.25) is 0 Å². The molecular weight excluding hydrogens is 300 g/mol. The SMILES string of the molecule is CCc1cn2cc(C(=N)N)nc(Cc3cc(F)ccc3F)c2n1. The van der Waals surface area contributed by atoms with Gasteiger partial charge in [0.1, 0.15) is 23.2 Å². The molecule has 0 aliphatic rings. The molecule has 0 unspecified atom stereocenters. The highest BCUT2D eigenvalue weighted by Gasteiger charge is 2.14. The molecule has 0 aliphatic carbocycles. The molecule has 0 saturated carbocycles. The summed E-state index contributed by atoms with van der Waals surface area (Å²) in [5.74, 6) is -1.22. The second-order valence-corrected chi connectivity index (χ2v) is 5.22. The van der Waals surface area contributed by atoms with Gasteiger partial charge < -0.3 is 10.1 Å². The van der Waals surface area contributed by atoms with Crippen LogP contribution in [0.15, 0.2) is 30.6 Å². The Bertz CT molecular complexity index is 901. The molecule has 23 heavy (non-hydrogen) atoms. The summed E-state index contributed by atoms with van der Waals surface area (Å²) in [4.78, 5) is 8.74. The molecule has 5 nitrogen and oxygen atoms in total. The van der Waals surface area contributed by atoms with Crippen LogP contribution >= 0.6 is 0 Å². The molecule has 0 bridgehead atoms. The molecule has 118 valence electrons. The first-order valence-corrected chi connectivity index (χ1v) is 7.13. The molecule has 2 aromatic heterocycles. The van der Waals surface area contributed by atoms with E-state index >= 15 is 0 Å². The minimum absolute atomic E-state index is 0.0639. The van der Waals surface area contributed by atoms with Crippen LogP contribution in [-0.4, -0.2) is 20.2 Å². The number of nitrogen functional groups attached to an aromatic ring is 1. The Balaban J connectivity index is 2.16. The quantitative estimate of drug-likeness (QED) is 0.573. The smallest absolute Gasteiger partial charge is 0.159 e. The van der Waals surface area contributed by atoms with Crippen LogP contribution in [0.3, 0.4) is 0 Å². The van der Waals surface area contributed by atoms with Crippen LogP contribution in [0.2, 0.25) is 0 Å². The lowest BCUT2D eigenvalue weighted by Crippen LogP contribution is -2.16. The van der Waals surface area contributed by atoms with Crippen LogP contribution < -0.4 is 5.73 Å². The number of amidine groups is 1. The van der Waals surface area contributed by atoms with Gasteiger partial charge in [-0.1, -0.05) is 6.92 Å². The number of imidazole rings is 1. The van der Waals surface area contributed by atoms with Crippen LogP contribution in [0.4, 0.5) is 8.78 Å². The van der Waals surface area contributed by atoms with E-state index in [1.807, 2.05) is 13.1 Å². The molecule has 7 heteroatoms. The van der Waals surface area contributed by atoms with Crippen LogP contribution in [-0.2, 0) is 12.8 Å². The number of nitrogens with two attached hydrogens (primary N) is 1. The van der Waals surface area contributed by atoms with Gasteiger partial charge >= 0.3 is 0 Å². The Morgan fingerprint density at radius 2 is 2.04 bits per heavy atom. The van der Waals surface area contributed by atoms with E-state index in [-0.39, 0.29) is 23.5 Å². The van der Waals surface area contributed by atoms with E-state index in [1.54, 1.807) is 10.6 Å². The van der Waals surface area contributed by atoms with E-state index in [2.05, 4.69) is 9.97 Å². The van der Waals surface area contributed by atoms with Gasteiger partial charge in [-0.2, -0.15) is 0 Å². The van der Waals surface area contributed by atoms with Crippen molar-refractivity contribution in [3.05, 3.63) is 64.9 Å². The summed E-state index contributed by atoms with van der Waals surface area (Å²) in [7, 11) is 0. The van der Waals surface area contributed by atoms with Crippen LogP contribution in [0.25, 0.3) is 5.65 Å². The van der Waals surface area contributed by atoms with Gasteiger partial charge in [0, 0.05) is 18.8 Å². The highest BCUT2D eigenvalue weighted by Crippen LogP contribution is 2.18. The summed E-state index contributed by atoms with van der Waals surface area (Å²) in [6.07, 6.45) is 4.21. The minimum Gasteiger partial charge on any atom is -0.382 e. The van der Waals surface area contributed by atoms with Crippen molar-refractivity contribution in [2.24, 2.45) is 5.73 Å². The lowest BCUT2D eigenvalue weighted by atomic mass is 10.1. The zero-order chi connectivity index (χ0) is 16.6. The number of nitrogens with zero attached hydrogens (tertiary/aromatic N) is 3. The van der Waals surface area contributed by atoms with Crippen molar-refractivity contribution >= 4 is 11.5 Å². The number of fused-ring (bicyclic) bond motifs is 1. The second-order valence-electron chi connectivity index (χ2n) is 5.22. The summed E-state index contributed by atoms with van der Waals surface area (Å²) in [5.41, 5.74) is 7.80. The molecule has 3 rings (SSSR count). The molecule has 3 N–H and O–H groups in total. The van der Waals surface area contributed by atoms with E-state index in [9.17, 15) is 8.78 Å². The van der Waals surface area contributed by atoms with Crippen molar-refractivity contribution in [3.63, 3.8) is 0 Å². The van der Waals surface area contributed by atoms with Crippen molar-refractivity contribution in [3.8, 4) is 0 Å². The zero-order valence-electron chi connectivity index (χ0n) is 12.5. The number of rotatable bonds is 4. The van der Waals surface area contributed by atoms with Crippen molar-refractivity contribution < 1.29 is 8.78 Å². The maximum absolute atomic E-state index is 13.9. The lowest BCUT2D eigenvalue weighted by molar-refractivity contribution is 0.588. The van der Waals surface area contributed by atoms with Crippen molar-refractivity contribution in [2.45, 2.75) is 19.8 Å². The van der Waals surface area contributed by atoms with E-state index in [0.717, 1.165) is 30.3 Å². The first-order chi connectivity index (χ1) is 11.0. The molecule has 0 fully saturated rings. The first kappa shape index (κ1) is 15.1. The zero-order valence-corrected chi connectivity index (χ0v) is 12.5. The molecule has 2 heterocycles. The van der Waals surface area contributed by atoms with Gasteiger partial charge in [0.05, 0.1) is 11.4 Å². The van der Waals surface area contributed by atoms with Gasteiger partial charge in [-0.15, -0.1) is 0 Å². The average molecular weight is 315 g/mol. The first-order valence-electron chi connectivity index (χ1n) is 7.13. The van der Waals surface area contributed by atoms with Crippen molar-refractivity contribution in [1.29, 1.82) is 5.41 Å². The van der Waals surface area contributed by atoms with Gasteiger partial charge in [-0.05, 0) is 30.2 Å². The van der Waals surface area contributed by atoms with Crippen LogP contribution in [0, 0.1) is 17.0 Å². The number of hydrogen-bond donors (Lipinski definition) is 2. The van der Waals surface area contributed by atoms with E-state index in [1.165, 1.54) is 0 Å². The summed E-state index contributed by atoms with van der Waals surface area (Å²) in [5, 5.41) is 7.56. The fourth-order valence-corrected chi connectivity index (χ4v) is 2.39. The third kappa shape index (κ3) is 2.90. The number of aryl methyl sites for hydroxylation is 1. The van der Waals surface area contributed by atoms with E-state index < -0.39 is 11.6 Å². The minimum atomic E-state index is -0.516. The van der Waals surface area contributed by atoms with E-state index in [4.69, 9.17) is 11.1 Å². The molecule has 1 aromatic carbocycles. The van der Waals surface area contributed by atoms with E-state index in [0.29, 0.717) is 11.3 Å². The summed E-state index contributed by atoms with van der Waals surface area (Å²) < 4.78 is 29.0. The predicted molar refractivity (Wildman–Crippen MR) is 82.5 cm³/mol. The maximum atomic E-state index is 13.9. The number of nitrogens with one attached hydrogen (secondary N) is 1. The van der Waals surface area contributed by atoms with Gasteiger partial charge in [-0.25, -0.2) is 18.7 Å². The number of benzene rings is 1. The topological polar surface area (TPSA) is 80.1 Å². The van der Waals surface area contributed by atoms with Gasteiger partial charge in [0.15, 0.2) is 5.65 Å². The molecule has 0 saturated heterocycles. The molecule has 0 aliphatic heterocycles. The summed E-state index contributed by atoms with van der Waals surface area (Å²) in [6.45, 7) is 1.97. The lowest BCUT2D eigenvalue weighted by Gasteiger charge is -2.07. The molecule has 0 radical (unpaired) electrons. The molecular formula is C16H15F2N5. The Morgan fingerprint density at radius 3 is 2.74 bits per heavy atom. The molecule has 0 spiro atoms. The third-order valence-corrected chi connectivity index (χ3v) is 3.56. The standard InChI is InChI=1S/C16H15F2N5/c1-2-11-7-23-8-14(15(19)20)22-13(16(23)21-11)6-9-5-10(17)3-4-12(9)18/h3-5,7-8H,2,6H2,1H3,(H3,19,20). The monoisotopic (exact) mass is 315 g/mol. The summed E-state index contributed by atoms with van der Waals surface area (Å²) >= 11 is 0. The van der Waals surface area contributed by atoms with Crippen LogP contribution in [0.5, 0.6) is 0 Å². The average Bonchev–Trinajstić information content (AvgIpc) is 2.94. The Kier molecular flexibility index (Phi) is 3.77. The maximum Gasteiger partial charge on any atom is 0.159 e. The predicted octanol–water partition coefficient (Wildman–Crippen LogP) is 2.44. The highest BCUT2D eigenvalue weighted by atomic mass is 19.1. The molecule has 3 aromatic rings. The van der Waals surface area contributed by atoms with Crippen molar-refractivity contribution in [1.82, 2.24) is 14.4 Å². The van der Waals surface area contributed by atoms with Gasteiger partial charge in [-0.3, -0.25) is 5.41 Å². The van der Waals surface area contributed by atoms with Crippen LogP contribution in [0.1, 0.15) is 29.6 Å². The molecule has 0 amide bonds. The highest BCUT2D eigenvalue weighted by molar-refractivity contribution is 5.93. The number of aromatic nitrogens is 3. The molecule has 0 atom stereocenters. The Labute approximate surface area is 131 Å². The fourth-order valence-electron chi connectivity index (χ4n) is 2.39. The summed E-state index contributed by atoms with van der Waals surface area (Å²) in [6, 6.07) is 3.29. The van der Waals surface area contributed by atoms with Gasteiger partial charge in [0.25, 0.3) is 0 Å². The Hall–Kier alpha value is -2.83. The number of halogens is 2. The number of hydrogen-bond acceptors (Lipinski definition) is 3. The largest absolute Gasteiger partial charge is 0.382 e. The third-order valence-electron chi connectivity index (χ3n) is 3.56. The van der Waals surface area contributed by atoms with Crippen molar-refractivity contribution in [2.75, 3.05) is 0 Å².